The van der Waals surface area contributed by atoms with Gasteiger partial charge >= 0.3 is 6.09 Å². The maximum atomic E-state index is 10.9. The Balaban J connectivity index is 2.29. The number of aliphatic hydroxyl groups excluding tert-OH is 1. The fourth-order valence-corrected chi connectivity index (χ4v) is 2.78. The van der Waals surface area contributed by atoms with Gasteiger partial charge in [-0.15, -0.1) is 0 Å². The maximum Gasteiger partial charge on any atom is 0.410 e. The fraction of sp³-hybridized carbons (Fsp3) is 0.714. The summed E-state index contributed by atoms with van der Waals surface area (Å²) in [7, 11) is 1.58. The zero-order chi connectivity index (χ0) is 15.8. The van der Waals surface area contributed by atoms with E-state index in [0.717, 1.165) is 5.69 Å². The lowest BCUT2D eigenvalue weighted by molar-refractivity contribution is 0.00981. The third kappa shape index (κ3) is 3.36. The molecule has 0 radical (unpaired) electrons. The van der Waals surface area contributed by atoms with Crippen LogP contribution in [0, 0.1) is 0 Å². The van der Waals surface area contributed by atoms with Gasteiger partial charge in [-0.1, -0.05) is 0 Å². The van der Waals surface area contributed by atoms with Gasteiger partial charge in [0.15, 0.2) is 0 Å². The number of aromatic nitrogens is 2. The molecule has 0 bridgehead atoms. The van der Waals surface area contributed by atoms with Crippen molar-refractivity contribution in [3.05, 3.63) is 11.8 Å². The average molecular weight is 297 g/mol. The Labute approximate surface area is 123 Å². The summed E-state index contributed by atoms with van der Waals surface area (Å²) >= 11 is 0. The first-order valence-electron chi connectivity index (χ1n) is 7.03. The van der Waals surface area contributed by atoms with E-state index in [1.165, 1.54) is 0 Å². The van der Waals surface area contributed by atoms with Gasteiger partial charge in [0.1, 0.15) is 5.82 Å². The van der Waals surface area contributed by atoms with E-state index in [2.05, 4.69) is 10.4 Å². The highest BCUT2D eigenvalue weighted by atomic mass is 16.5. The Hall–Kier alpha value is -1.60. The number of hydrogen-bond donors (Lipinski definition) is 3. The number of carboxylic acid groups (broad SMARTS) is 1. The molecule has 0 aromatic carbocycles. The maximum absolute atomic E-state index is 10.9. The molecule has 21 heavy (non-hydrogen) atoms. The second-order valence-electron chi connectivity index (χ2n) is 6.48. The van der Waals surface area contributed by atoms with Gasteiger partial charge in [-0.25, -0.2) is 9.48 Å². The van der Waals surface area contributed by atoms with E-state index in [-0.39, 0.29) is 17.6 Å². The molecule has 1 aromatic heterocycles. The topological polar surface area (TPSA) is 96.6 Å². The largest absolute Gasteiger partial charge is 0.465 e. The molecular weight excluding hydrogens is 274 g/mol. The van der Waals surface area contributed by atoms with Crippen LogP contribution in [0.5, 0.6) is 0 Å². The van der Waals surface area contributed by atoms with Crippen molar-refractivity contribution in [1.29, 1.82) is 0 Å². The second kappa shape index (κ2) is 5.65. The van der Waals surface area contributed by atoms with E-state index in [9.17, 15) is 9.90 Å². The number of methoxy groups -OCH3 is 1. The minimum Gasteiger partial charge on any atom is -0.465 e. The van der Waals surface area contributed by atoms with Crippen molar-refractivity contribution >= 4 is 11.9 Å². The minimum absolute atomic E-state index is 0.0721. The Morgan fingerprint density at radius 3 is 2.62 bits per heavy atom. The predicted molar refractivity (Wildman–Crippen MR) is 77.6 cm³/mol. The van der Waals surface area contributed by atoms with Crippen molar-refractivity contribution in [2.75, 3.05) is 12.4 Å². The molecule has 118 valence electrons. The van der Waals surface area contributed by atoms with Crippen LogP contribution in [0.1, 0.15) is 45.2 Å². The quantitative estimate of drug-likeness (QED) is 0.792. The summed E-state index contributed by atoms with van der Waals surface area (Å²) in [4.78, 5) is 10.9. The van der Waals surface area contributed by atoms with Gasteiger partial charge in [0.2, 0.25) is 0 Å². The summed E-state index contributed by atoms with van der Waals surface area (Å²) in [6, 6.07) is 1.74. The fourth-order valence-electron chi connectivity index (χ4n) is 2.78. The van der Waals surface area contributed by atoms with Crippen LogP contribution in [0.25, 0.3) is 0 Å². The highest BCUT2D eigenvalue weighted by molar-refractivity contribution is 5.81. The average Bonchev–Trinajstić information content (AvgIpc) is 2.91. The van der Waals surface area contributed by atoms with E-state index < -0.39 is 12.2 Å². The van der Waals surface area contributed by atoms with Crippen LogP contribution < -0.4 is 5.32 Å². The number of anilines is 1. The summed E-state index contributed by atoms with van der Waals surface area (Å²) in [6.45, 7) is 5.87. The molecule has 1 aromatic rings. The second-order valence-corrected chi connectivity index (χ2v) is 6.48. The van der Waals surface area contributed by atoms with Crippen molar-refractivity contribution in [3.63, 3.8) is 0 Å². The molecule has 0 spiro atoms. The van der Waals surface area contributed by atoms with Crippen LogP contribution in [-0.4, -0.2) is 45.4 Å². The van der Waals surface area contributed by atoms with Gasteiger partial charge in [-0.2, -0.15) is 5.10 Å². The lowest BCUT2D eigenvalue weighted by Crippen LogP contribution is -2.26. The molecule has 1 amide bonds. The minimum atomic E-state index is -1.12. The van der Waals surface area contributed by atoms with Crippen LogP contribution in [0.2, 0.25) is 0 Å². The highest BCUT2D eigenvalue weighted by Crippen LogP contribution is 2.37. The van der Waals surface area contributed by atoms with E-state index in [4.69, 9.17) is 9.84 Å². The highest BCUT2D eigenvalue weighted by Gasteiger charge is 2.36. The summed E-state index contributed by atoms with van der Waals surface area (Å²) in [5, 5.41) is 25.8. The number of hydrogen-bond acceptors (Lipinski definition) is 4. The molecule has 0 saturated heterocycles. The van der Waals surface area contributed by atoms with Gasteiger partial charge in [-0.3, -0.25) is 5.32 Å². The number of carbonyl (C=O) groups is 1. The molecular formula is C14H23N3O4. The molecule has 1 aliphatic carbocycles. The van der Waals surface area contributed by atoms with Crippen LogP contribution in [0.15, 0.2) is 6.07 Å². The SMILES string of the molecule is CO[C@@H]1C[C@H](c2cc(NC(=O)O)n(C(C)(C)C)n2)C[C@@H]1O. The standard InChI is InChI=1S/C14H23N3O4/c1-14(2,3)17-12(15-13(19)20)7-9(16-17)8-5-10(18)11(6-8)21-4/h7-8,10-11,15,18H,5-6H2,1-4H3,(H,19,20)/t8-,10+,11-/m1/s1. The van der Waals surface area contributed by atoms with Crippen molar-refractivity contribution in [1.82, 2.24) is 9.78 Å². The van der Waals surface area contributed by atoms with Crippen molar-refractivity contribution in [2.45, 2.75) is 57.3 Å². The molecule has 1 fully saturated rings. The molecule has 1 heterocycles. The predicted octanol–water partition coefficient (Wildman–Crippen LogP) is 1.98. The number of rotatable bonds is 3. The smallest absolute Gasteiger partial charge is 0.410 e. The van der Waals surface area contributed by atoms with Gasteiger partial charge in [0.25, 0.3) is 0 Å². The van der Waals surface area contributed by atoms with Gasteiger partial charge in [0, 0.05) is 19.1 Å². The lowest BCUT2D eigenvalue weighted by Gasteiger charge is -2.22. The summed E-state index contributed by atoms with van der Waals surface area (Å²) in [6.07, 6.45) is -0.549. The molecule has 1 aliphatic rings. The Bertz CT molecular complexity index is 521. The Kier molecular flexibility index (Phi) is 4.25. The zero-order valence-corrected chi connectivity index (χ0v) is 12.8. The van der Waals surface area contributed by atoms with E-state index in [1.54, 1.807) is 17.9 Å². The summed E-state index contributed by atoms with van der Waals surface area (Å²) in [5.74, 6) is 0.517. The molecule has 7 nitrogen and oxygen atoms in total. The molecule has 1 saturated carbocycles. The Morgan fingerprint density at radius 1 is 1.48 bits per heavy atom. The first-order chi connectivity index (χ1) is 9.72. The zero-order valence-electron chi connectivity index (χ0n) is 12.8. The Morgan fingerprint density at radius 2 is 2.14 bits per heavy atom. The van der Waals surface area contributed by atoms with E-state index in [0.29, 0.717) is 18.7 Å². The molecule has 3 atom stereocenters. The molecule has 3 N–H and O–H groups in total. The van der Waals surface area contributed by atoms with Gasteiger partial charge in [0.05, 0.1) is 23.4 Å². The molecule has 2 rings (SSSR count). The van der Waals surface area contributed by atoms with Gasteiger partial charge < -0.3 is 14.9 Å². The van der Waals surface area contributed by atoms with E-state index >= 15 is 0 Å². The number of amides is 1. The normalized spacial score (nSPS) is 26.0. The van der Waals surface area contributed by atoms with Crippen LogP contribution in [0.4, 0.5) is 10.6 Å². The van der Waals surface area contributed by atoms with Gasteiger partial charge in [-0.05, 0) is 33.6 Å². The van der Waals surface area contributed by atoms with Crippen molar-refractivity contribution in [3.8, 4) is 0 Å². The van der Waals surface area contributed by atoms with Crippen LogP contribution >= 0.6 is 0 Å². The first kappa shape index (κ1) is 15.8. The number of ether oxygens (including phenoxy) is 1. The first-order valence-corrected chi connectivity index (χ1v) is 7.03. The third-order valence-corrected chi connectivity index (χ3v) is 3.79. The molecule has 7 heteroatoms. The summed E-state index contributed by atoms with van der Waals surface area (Å²) < 4.78 is 6.92. The number of aliphatic hydroxyl groups is 1. The van der Waals surface area contributed by atoms with Crippen LogP contribution in [-0.2, 0) is 10.3 Å². The number of nitrogens with one attached hydrogen (secondary N) is 1. The van der Waals surface area contributed by atoms with E-state index in [1.807, 2.05) is 20.8 Å². The number of nitrogens with zero attached hydrogens (tertiary/aromatic N) is 2. The monoisotopic (exact) mass is 297 g/mol. The molecule has 0 aliphatic heterocycles. The third-order valence-electron chi connectivity index (χ3n) is 3.79. The van der Waals surface area contributed by atoms with Crippen molar-refractivity contribution in [2.24, 2.45) is 0 Å². The van der Waals surface area contributed by atoms with Crippen molar-refractivity contribution < 1.29 is 19.7 Å². The van der Waals surface area contributed by atoms with Crippen LogP contribution in [0.3, 0.4) is 0 Å². The summed E-state index contributed by atoms with van der Waals surface area (Å²) in [5.41, 5.74) is 0.445. The lowest BCUT2D eigenvalue weighted by atomic mass is 10.0. The molecule has 0 unspecified atom stereocenters.